The third kappa shape index (κ3) is 10.7. The van der Waals surface area contributed by atoms with Crippen molar-refractivity contribution in [3.8, 4) is 0 Å². The molecule has 0 aliphatic heterocycles. The molecule has 3 heteroatoms. The lowest BCUT2D eigenvalue weighted by molar-refractivity contribution is -0.0800. The number of aliphatic hydroxyl groups excluding tert-OH is 1. The maximum atomic E-state index is 8.33. The molecule has 1 unspecified atom stereocenters. The minimum absolute atomic E-state index is 0. The first kappa shape index (κ1) is 9.99. The van der Waals surface area contributed by atoms with Crippen LogP contribution in [0.25, 0.3) is 0 Å². The van der Waals surface area contributed by atoms with Gasteiger partial charge in [-0.25, -0.2) is 0 Å². The van der Waals surface area contributed by atoms with E-state index in [0.29, 0.717) is 6.61 Å². The summed E-state index contributed by atoms with van der Waals surface area (Å²) in [5, 5.41) is 8.33. The molecular weight excluding hydrogens is 96.0 g/mol. The highest BCUT2D eigenvalue weighted by Gasteiger charge is 1.85. The van der Waals surface area contributed by atoms with Crippen molar-refractivity contribution in [3.05, 3.63) is 0 Å². The van der Waals surface area contributed by atoms with E-state index < -0.39 is 6.29 Å². The summed E-state index contributed by atoms with van der Waals surface area (Å²) < 4.78 is 4.60. The Morgan fingerprint density at radius 3 is 2.14 bits per heavy atom. The molecule has 0 aliphatic carbocycles. The molecule has 0 aromatic heterocycles. The number of hydrogen-bond donors (Lipinski definition) is 1. The summed E-state index contributed by atoms with van der Waals surface area (Å²) in [5.74, 6) is 0. The third-order valence-corrected chi connectivity index (χ3v) is 0.408. The maximum Gasteiger partial charge on any atom is 0.151 e. The van der Waals surface area contributed by atoms with Gasteiger partial charge in [-0.05, 0) is 13.8 Å². The molecule has 0 bridgehead atoms. The summed E-state index contributed by atoms with van der Waals surface area (Å²) in [6, 6.07) is 0. The Bertz CT molecular complexity index is 28.1. The minimum Gasteiger partial charge on any atom is -0.412 e. The molecule has 0 spiro atoms. The van der Waals surface area contributed by atoms with E-state index in [9.17, 15) is 0 Å². The lowest BCUT2D eigenvalue weighted by Gasteiger charge is -1.99. The zero-order chi connectivity index (χ0) is 4.99. The lowest BCUT2D eigenvalue weighted by Crippen LogP contribution is -2.04. The van der Waals surface area contributed by atoms with E-state index in [2.05, 4.69) is 4.74 Å². The molecule has 7 heavy (non-hydrogen) atoms. The van der Waals surface area contributed by atoms with Gasteiger partial charge in [0.2, 0.25) is 0 Å². The molecule has 0 amide bonds. The minimum atomic E-state index is -0.602. The predicted octanol–water partition coefficient (Wildman–Crippen LogP) is -0.463. The zero-order valence-corrected chi connectivity index (χ0v) is 4.64. The van der Waals surface area contributed by atoms with Gasteiger partial charge in [0.25, 0.3) is 0 Å². The van der Waals surface area contributed by atoms with Gasteiger partial charge in [-0.15, -0.1) is 0 Å². The van der Waals surface area contributed by atoms with Crippen molar-refractivity contribution >= 4 is 0 Å². The van der Waals surface area contributed by atoms with E-state index in [1.54, 1.807) is 6.92 Å². The van der Waals surface area contributed by atoms with Gasteiger partial charge < -0.3 is 15.3 Å². The second-order valence-corrected chi connectivity index (χ2v) is 1.05. The van der Waals surface area contributed by atoms with Crippen molar-refractivity contribution in [3.63, 3.8) is 0 Å². The van der Waals surface area contributed by atoms with Crippen molar-refractivity contribution in [1.29, 1.82) is 0 Å². The average Bonchev–Trinajstić information content (AvgIpc) is 1.35. The molecular formula is C4H12O3. The Labute approximate surface area is 43.2 Å². The highest BCUT2D eigenvalue weighted by atomic mass is 16.6. The fourth-order valence-corrected chi connectivity index (χ4v) is 0.241. The Kier molecular flexibility index (Phi) is 8.39. The molecule has 0 fully saturated rings. The molecule has 0 rings (SSSR count). The summed E-state index contributed by atoms with van der Waals surface area (Å²) >= 11 is 0. The van der Waals surface area contributed by atoms with Gasteiger partial charge in [-0.1, -0.05) is 0 Å². The SMILES string of the molecule is CCOC(C)O.O. The monoisotopic (exact) mass is 108 g/mol. The molecule has 0 aromatic rings. The van der Waals surface area contributed by atoms with Crippen LogP contribution in [0.15, 0.2) is 0 Å². The molecule has 0 saturated heterocycles. The summed E-state index contributed by atoms with van der Waals surface area (Å²) in [4.78, 5) is 0. The second-order valence-electron chi connectivity index (χ2n) is 1.05. The van der Waals surface area contributed by atoms with Crippen LogP contribution in [0.2, 0.25) is 0 Å². The van der Waals surface area contributed by atoms with Gasteiger partial charge in [0, 0.05) is 6.61 Å². The lowest BCUT2D eigenvalue weighted by atomic mass is 10.7. The third-order valence-electron chi connectivity index (χ3n) is 0.408. The van der Waals surface area contributed by atoms with Gasteiger partial charge in [-0.2, -0.15) is 0 Å². The molecule has 0 aliphatic rings. The van der Waals surface area contributed by atoms with Crippen LogP contribution in [0.5, 0.6) is 0 Å². The quantitative estimate of drug-likeness (QED) is 0.486. The number of aliphatic hydroxyl groups is 1. The van der Waals surface area contributed by atoms with E-state index in [1.807, 2.05) is 6.92 Å². The molecule has 46 valence electrons. The smallest absolute Gasteiger partial charge is 0.151 e. The first-order chi connectivity index (χ1) is 2.77. The predicted molar refractivity (Wildman–Crippen MR) is 26.9 cm³/mol. The van der Waals surface area contributed by atoms with E-state index in [1.165, 1.54) is 0 Å². The van der Waals surface area contributed by atoms with Crippen molar-refractivity contribution < 1.29 is 15.3 Å². The molecule has 0 saturated carbocycles. The summed E-state index contributed by atoms with van der Waals surface area (Å²) in [6.07, 6.45) is -0.602. The fourth-order valence-electron chi connectivity index (χ4n) is 0.241. The van der Waals surface area contributed by atoms with E-state index in [4.69, 9.17) is 5.11 Å². The Morgan fingerprint density at radius 2 is 2.14 bits per heavy atom. The van der Waals surface area contributed by atoms with Crippen LogP contribution in [0, 0.1) is 0 Å². The van der Waals surface area contributed by atoms with Crippen molar-refractivity contribution in [2.75, 3.05) is 6.61 Å². The highest BCUT2D eigenvalue weighted by Crippen LogP contribution is 1.78. The van der Waals surface area contributed by atoms with E-state index in [0.717, 1.165) is 0 Å². The summed E-state index contributed by atoms with van der Waals surface area (Å²) in [5.41, 5.74) is 0. The van der Waals surface area contributed by atoms with Crippen molar-refractivity contribution in [2.24, 2.45) is 0 Å². The van der Waals surface area contributed by atoms with Crippen molar-refractivity contribution in [2.45, 2.75) is 20.1 Å². The first-order valence-electron chi connectivity index (χ1n) is 2.07. The normalized spacial score (nSPS) is 12.4. The largest absolute Gasteiger partial charge is 0.412 e. The zero-order valence-electron chi connectivity index (χ0n) is 4.64. The fraction of sp³-hybridized carbons (Fsp3) is 1.00. The van der Waals surface area contributed by atoms with Crippen LogP contribution in [0.1, 0.15) is 13.8 Å². The second kappa shape index (κ2) is 5.88. The molecule has 3 nitrogen and oxygen atoms in total. The van der Waals surface area contributed by atoms with Crippen molar-refractivity contribution in [1.82, 2.24) is 0 Å². The number of ether oxygens (including phenoxy) is 1. The molecule has 0 aromatic carbocycles. The Hall–Kier alpha value is -0.120. The van der Waals surface area contributed by atoms with Gasteiger partial charge in [0.1, 0.15) is 0 Å². The number of hydrogen-bond acceptors (Lipinski definition) is 2. The summed E-state index contributed by atoms with van der Waals surface area (Å²) in [6.45, 7) is 4.01. The van der Waals surface area contributed by atoms with Gasteiger partial charge in [-0.3, -0.25) is 0 Å². The van der Waals surface area contributed by atoms with Crippen LogP contribution in [-0.4, -0.2) is 23.5 Å². The van der Waals surface area contributed by atoms with Gasteiger partial charge >= 0.3 is 0 Å². The van der Waals surface area contributed by atoms with Crippen LogP contribution in [0.4, 0.5) is 0 Å². The van der Waals surface area contributed by atoms with Crippen LogP contribution < -0.4 is 0 Å². The van der Waals surface area contributed by atoms with E-state index in [-0.39, 0.29) is 5.48 Å². The Balaban J connectivity index is 0. The highest BCUT2D eigenvalue weighted by molar-refractivity contribution is 4.17. The standard InChI is InChI=1S/C4H10O2.H2O/c1-3-6-4(2)5;/h4-5H,3H2,1-2H3;1H2. The van der Waals surface area contributed by atoms with Gasteiger partial charge in [0.05, 0.1) is 0 Å². The molecule has 0 radical (unpaired) electrons. The van der Waals surface area contributed by atoms with Crippen LogP contribution in [-0.2, 0) is 4.74 Å². The van der Waals surface area contributed by atoms with Crippen LogP contribution >= 0.6 is 0 Å². The number of rotatable bonds is 2. The first-order valence-corrected chi connectivity index (χ1v) is 2.07. The molecule has 1 atom stereocenters. The van der Waals surface area contributed by atoms with Crippen LogP contribution in [0.3, 0.4) is 0 Å². The molecule has 0 heterocycles. The summed E-state index contributed by atoms with van der Waals surface area (Å²) in [7, 11) is 0. The average molecular weight is 108 g/mol. The van der Waals surface area contributed by atoms with E-state index >= 15 is 0 Å². The Morgan fingerprint density at radius 1 is 1.71 bits per heavy atom. The molecule has 3 N–H and O–H groups in total. The van der Waals surface area contributed by atoms with Gasteiger partial charge in [0.15, 0.2) is 6.29 Å². The maximum absolute atomic E-state index is 8.33. The topological polar surface area (TPSA) is 61.0 Å².